The summed E-state index contributed by atoms with van der Waals surface area (Å²) >= 11 is 0. The summed E-state index contributed by atoms with van der Waals surface area (Å²) in [6.45, 7) is 13.1. The van der Waals surface area contributed by atoms with Crippen LogP contribution in [0.2, 0.25) is 0 Å². The number of hydrogen-bond acceptors (Lipinski definition) is 2. The van der Waals surface area contributed by atoms with Gasteiger partial charge in [0.25, 0.3) is 0 Å². The van der Waals surface area contributed by atoms with Crippen molar-refractivity contribution in [1.82, 2.24) is 9.80 Å². The lowest BCUT2D eigenvalue weighted by Gasteiger charge is -2.29. The van der Waals surface area contributed by atoms with E-state index in [0.29, 0.717) is 0 Å². The van der Waals surface area contributed by atoms with Crippen molar-refractivity contribution in [3.63, 3.8) is 0 Å². The molecule has 0 spiro atoms. The van der Waals surface area contributed by atoms with E-state index in [2.05, 4.69) is 51.2 Å². The van der Waals surface area contributed by atoms with E-state index in [1.54, 1.807) is 0 Å². The fourth-order valence-electron chi connectivity index (χ4n) is 1.79. The summed E-state index contributed by atoms with van der Waals surface area (Å²) in [7, 11) is 4.26. The first kappa shape index (κ1) is 15.3. The lowest BCUT2D eigenvalue weighted by molar-refractivity contribution is 0.265. The molecular weight excluding hydrogens is 196 g/mol. The quantitative estimate of drug-likeness (QED) is 0.555. The zero-order chi connectivity index (χ0) is 12.6. The van der Waals surface area contributed by atoms with E-state index in [-0.39, 0.29) is 0 Å². The van der Waals surface area contributed by atoms with E-state index in [4.69, 9.17) is 0 Å². The Morgan fingerprint density at radius 2 is 1.62 bits per heavy atom. The molecule has 16 heavy (non-hydrogen) atoms. The highest BCUT2D eigenvalue weighted by atomic mass is 15.3. The lowest BCUT2D eigenvalue weighted by atomic mass is 10.1. The normalized spacial score (nSPS) is 10.6. The highest BCUT2D eigenvalue weighted by Crippen LogP contribution is 2.09. The molecule has 2 nitrogen and oxygen atoms in total. The molecule has 0 saturated heterocycles. The monoisotopic (exact) mass is 226 g/mol. The van der Waals surface area contributed by atoms with Crippen molar-refractivity contribution in [2.45, 2.75) is 46.5 Å². The van der Waals surface area contributed by atoms with Crippen molar-refractivity contribution in [2.75, 3.05) is 27.2 Å². The summed E-state index contributed by atoms with van der Waals surface area (Å²) in [5.41, 5.74) is 0. The standard InChI is InChI=1S/C14H30N2/c1-7-11-15(5)14(4)16(6)12-9-8-10-13(2)3/h13H,4,7-12H2,1-3,5-6H3. The van der Waals surface area contributed by atoms with Gasteiger partial charge in [-0.15, -0.1) is 0 Å². The Balaban J connectivity index is 3.70. The molecule has 0 aromatic rings. The molecule has 0 amide bonds. The third-order valence-electron chi connectivity index (χ3n) is 2.97. The van der Waals surface area contributed by atoms with Crippen LogP contribution in [-0.2, 0) is 0 Å². The third kappa shape index (κ3) is 6.76. The molecular formula is C14H30N2. The van der Waals surface area contributed by atoms with Crippen molar-refractivity contribution in [2.24, 2.45) is 5.92 Å². The molecule has 0 aromatic heterocycles. The van der Waals surface area contributed by atoms with Crippen molar-refractivity contribution in [1.29, 1.82) is 0 Å². The first-order valence-corrected chi connectivity index (χ1v) is 6.60. The first-order chi connectivity index (χ1) is 7.49. The average molecular weight is 226 g/mol. The minimum atomic E-state index is 0.830. The molecule has 96 valence electrons. The van der Waals surface area contributed by atoms with Crippen LogP contribution in [-0.4, -0.2) is 37.0 Å². The summed E-state index contributed by atoms with van der Waals surface area (Å²) in [6, 6.07) is 0. The predicted molar refractivity (Wildman–Crippen MR) is 73.4 cm³/mol. The minimum absolute atomic E-state index is 0.830. The lowest BCUT2D eigenvalue weighted by Crippen LogP contribution is -2.30. The number of unbranched alkanes of at least 4 members (excludes halogenated alkanes) is 1. The molecule has 0 radical (unpaired) electrons. The first-order valence-electron chi connectivity index (χ1n) is 6.60. The van der Waals surface area contributed by atoms with Gasteiger partial charge < -0.3 is 9.80 Å². The maximum atomic E-state index is 4.14. The fraction of sp³-hybridized carbons (Fsp3) is 0.857. The van der Waals surface area contributed by atoms with Crippen LogP contribution in [0.5, 0.6) is 0 Å². The number of hydrogen-bond donors (Lipinski definition) is 0. The topological polar surface area (TPSA) is 6.48 Å². The SMILES string of the molecule is C=C(N(C)CCC)N(C)CCCCC(C)C. The van der Waals surface area contributed by atoms with Crippen LogP contribution in [0, 0.1) is 5.92 Å². The summed E-state index contributed by atoms with van der Waals surface area (Å²) in [4.78, 5) is 4.51. The Morgan fingerprint density at radius 1 is 1.06 bits per heavy atom. The molecule has 0 atom stereocenters. The Bertz CT molecular complexity index is 187. The zero-order valence-electron chi connectivity index (χ0n) is 11.9. The molecule has 0 aliphatic carbocycles. The Hall–Kier alpha value is -0.660. The van der Waals surface area contributed by atoms with Crippen LogP contribution >= 0.6 is 0 Å². The molecule has 2 heteroatoms. The maximum Gasteiger partial charge on any atom is 0.0959 e. The largest absolute Gasteiger partial charge is 0.362 e. The summed E-state index contributed by atoms with van der Waals surface area (Å²) in [6.07, 6.45) is 5.11. The van der Waals surface area contributed by atoms with Gasteiger partial charge in [-0.25, -0.2) is 0 Å². The molecule has 0 aliphatic heterocycles. The molecule has 0 aliphatic rings. The van der Waals surface area contributed by atoms with Gasteiger partial charge in [0, 0.05) is 27.2 Å². The Kier molecular flexibility index (Phi) is 8.14. The van der Waals surface area contributed by atoms with E-state index < -0.39 is 0 Å². The number of nitrogens with zero attached hydrogens (tertiary/aromatic N) is 2. The van der Waals surface area contributed by atoms with Crippen molar-refractivity contribution in [3.8, 4) is 0 Å². The highest BCUT2D eigenvalue weighted by Gasteiger charge is 2.06. The van der Waals surface area contributed by atoms with Gasteiger partial charge in [-0.3, -0.25) is 0 Å². The van der Waals surface area contributed by atoms with Crippen LogP contribution in [0.15, 0.2) is 12.4 Å². The molecule has 0 bridgehead atoms. The van der Waals surface area contributed by atoms with Crippen LogP contribution in [0.3, 0.4) is 0 Å². The Labute approximate surface area is 102 Å². The van der Waals surface area contributed by atoms with Gasteiger partial charge in [0.05, 0.1) is 5.82 Å². The average Bonchev–Trinajstić information content (AvgIpc) is 2.23. The molecule has 0 unspecified atom stereocenters. The molecule has 0 saturated carbocycles. The summed E-state index contributed by atoms with van der Waals surface area (Å²) < 4.78 is 0. The highest BCUT2D eigenvalue weighted by molar-refractivity contribution is 4.90. The van der Waals surface area contributed by atoms with Crippen LogP contribution < -0.4 is 0 Å². The molecule has 0 aromatic carbocycles. The van der Waals surface area contributed by atoms with Crippen LogP contribution in [0.25, 0.3) is 0 Å². The van der Waals surface area contributed by atoms with Gasteiger partial charge in [0.1, 0.15) is 0 Å². The van der Waals surface area contributed by atoms with Gasteiger partial charge >= 0.3 is 0 Å². The van der Waals surface area contributed by atoms with E-state index >= 15 is 0 Å². The minimum Gasteiger partial charge on any atom is -0.362 e. The second-order valence-electron chi connectivity index (χ2n) is 5.15. The van der Waals surface area contributed by atoms with Gasteiger partial charge in [0.15, 0.2) is 0 Å². The third-order valence-corrected chi connectivity index (χ3v) is 2.97. The fourth-order valence-corrected chi connectivity index (χ4v) is 1.79. The maximum absolute atomic E-state index is 4.14. The van der Waals surface area contributed by atoms with E-state index in [0.717, 1.165) is 24.8 Å². The predicted octanol–water partition coefficient (Wildman–Crippen LogP) is 3.56. The summed E-state index contributed by atoms with van der Waals surface area (Å²) in [5.74, 6) is 1.97. The second kappa shape index (κ2) is 8.49. The van der Waals surface area contributed by atoms with Gasteiger partial charge in [-0.05, 0) is 18.8 Å². The van der Waals surface area contributed by atoms with Crippen molar-refractivity contribution in [3.05, 3.63) is 12.4 Å². The van der Waals surface area contributed by atoms with Crippen molar-refractivity contribution < 1.29 is 0 Å². The summed E-state index contributed by atoms with van der Waals surface area (Å²) in [5, 5.41) is 0. The van der Waals surface area contributed by atoms with Crippen molar-refractivity contribution >= 4 is 0 Å². The molecule has 0 N–H and O–H groups in total. The van der Waals surface area contributed by atoms with Gasteiger partial charge in [-0.1, -0.05) is 40.2 Å². The molecule has 0 fully saturated rings. The second-order valence-corrected chi connectivity index (χ2v) is 5.15. The smallest absolute Gasteiger partial charge is 0.0959 e. The van der Waals surface area contributed by atoms with Crippen LogP contribution in [0.4, 0.5) is 0 Å². The molecule has 0 heterocycles. The van der Waals surface area contributed by atoms with Gasteiger partial charge in [-0.2, -0.15) is 0 Å². The van der Waals surface area contributed by atoms with E-state index in [9.17, 15) is 0 Å². The Morgan fingerprint density at radius 3 is 2.12 bits per heavy atom. The zero-order valence-corrected chi connectivity index (χ0v) is 11.9. The van der Waals surface area contributed by atoms with Crippen LogP contribution in [0.1, 0.15) is 46.5 Å². The van der Waals surface area contributed by atoms with E-state index in [1.165, 1.54) is 25.7 Å². The van der Waals surface area contributed by atoms with E-state index in [1.807, 2.05) is 0 Å². The number of rotatable bonds is 9. The molecule has 0 rings (SSSR count). The van der Waals surface area contributed by atoms with Gasteiger partial charge in [0.2, 0.25) is 0 Å².